The Kier molecular flexibility index (Phi) is 6.30. The summed E-state index contributed by atoms with van der Waals surface area (Å²) in [6.45, 7) is 1.95. The molecule has 1 saturated heterocycles. The second-order valence-corrected chi connectivity index (χ2v) is 8.01. The minimum absolute atomic E-state index is 0. The van der Waals surface area contributed by atoms with Crippen LogP contribution in [-0.4, -0.2) is 51.5 Å². The number of piperidine rings is 1. The van der Waals surface area contributed by atoms with Gasteiger partial charge >= 0.3 is 5.97 Å². The molecule has 1 aromatic rings. The van der Waals surface area contributed by atoms with Crippen molar-refractivity contribution in [2.75, 3.05) is 26.7 Å². The first kappa shape index (κ1) is 19.2. The van der Waals surface area contributed by atoms with E-state index in [-0.39, 0.29) is 23.3 Å². The molecule has 0 atom stereocenters. The van der Waals surface area contributed by atoms with E-state index in [1.54, 1.807) is 0 Å². The average molecular weight is 379 g/mol. The van der Waals surface area contributed by atoms with Crippen molar-refractivity contribution in [2.45, 2.75) is 36.8 Å². The number of hydrogen-bond acceptors (Lipinski definition) is 6. The molecule has 2 fully saturated rings. The Bertz CT molecular complexity index is 663. The van der Waals surface area contributed by atoms with E-state index in [1.807, 2.05) is 0 Å². The van der Waals surface area contributed by atoms with Crippen molar-refractivity contribution in [3.05, 3.63) is 17.9 Å². The topological polar surface area (TPSA) is 88.9 Å². The van der Waals surface area contributed by atoms with Gasteiger partial charge in [0.1, 0.15) is 0 Å². The molecule has 1 aromatic heterocycles. The summed E-state index contributed by atoms with van der Waals surface area (Å²) in [4.78, 5) is 11.4. The Morgan fingerprint density at radius 3 is 2.54 bits per heavy atom. The molecular formula is C15H23ClN2O5S. The number of furan rings is 1. The molecule has 1 aliphatic carbocycles. The fourth-order valence-electron chi connectivity index (χ4n) is 2.75. The van der Waals surface area contributed by atoms with Crippen LogP contribution in [-0.2, 0) is 14.8 Å². The maximum Gasteiger partial charge on any atom is 0.374 e. The van der Waals surface area contributed by atoms with Crippen LogP contribution in [0.3, 0.4) is 0 Å². The number of carbonyl (C=O) groups is 1. The molecular weight excluding hydrogens is 356 g/mol. The third kappa shape index (κ3) is 4.30. The van der Waals surface area contributed by atoms with E-state index in [9.17, 15) is 13.2 Å². The van der Waals surface area contributed by atoms with Crippen molar-refractivity contribution in [2.24, 2.45) is 5.92 Å². The number of ether oxygens (including phenoxy) is 1. The van der Waals surface area contributed by atoms with Gasteiger partial charge < -0.3 is 14.5 Å². The summed E-state index contributed by atoms with van der Waals surface area (Å²) >= 11 is 0. The summed E-state index contributed by atoms with van der Waals surface area (Å²) in [6.07, 6.45) is 4.19. The van der Waals surface area contributed by atoms with Crippen LogP contribution in [0, 0.1) is 5.92 Å². The molecule has 1 saturated carbocycles. The number of esters is 1. The predicted molar refractivity (Wildman–Crippen MR) is 89.8 cm³/mol. The van der Waals surface area contributed by atoms with Gasteiger partial charge in [-0.3, -0.25) is 0 Å². The molecule has 9 heteroatoms. The molecule has 3 rings (SSSR count). The third-order valence-corrected chi connectivity index (χ3v) is 6.18. The highest BCUT2D eigenvalue weighted by atomic mass is 35.5. The highest BCUT2D eigenvalue weighted by Crippen LogP contribution is 2.28. The number of halogens is 1. The number of nitrogens with zero attached hydrogens (tertiary/aromatic N) is 1. The Morgan fingerprint density at radius 2 is 1.96 bits per heavy atom. The number of carbonyl (C=O) groups excluding carboxylic acids is 1. The van der Waals surface area contributed by atoms with E-state index < -0.39 is 16.0 Å². The van der Waals surface area contributed by atoms with E-state index in [0.29, 0.717) is 19.1 Å². The van der Waals surface area contributed by atoms with Gasteiger partial charge in [0.05, 0.1) is 7.11 Å². The first-order chi connectivity index (χ1) is 11.0. The second-order valence-electron chi connectivity index (χ2n) is 6.14. The number of methoxy groups -OCH3 is 1. The highest BCUT2D eigenvalue weighted by molar-refractivity contribution is 7.89. The van der Waals surface area contributed by atoms with Gasteiger partial charge in [-0.1, -0.05) is 0 Å². The van der Waals surface area contributed by atoms with Gasteiger partial charge in [0.2, 0.25) is 10.9 Å². The first-order valence-electron chi connectivity index (χ1n) is 7.92. The molecule has 0 unspecified atom stereocenters. The third-order valence-electron chi connectivity index (χ3n) is 4.41. The maximum absolute atomic E-state index is 12.6. The summed E-state index contributed by atoms with van der Waals surface area (Å²) in [6, 6.07) is 3.01. The highest BCUT2D eigenvalue weighted by Gasteiger charge is 2.32. The lowest BCUT2D eigenvalue weighted by Crippen LogP contribution is -2.45. The molecule has 7 nitrogen and oxygen atoms in total. The smallest absolute Gasteiger partial charge is 0.374 e. The summed E-state index contributed by atoms with van der Waals surface area (Å²) < 4.78 is 36.2. The minimum Gasteiger partial charge on any atom is -0.463 e. The largest absolute Gasteiger partial charge is 0.463 e. The maximum atomic E-state index is 12.6. The van der Waals surface area contributed by atoms with Crippen molar-refractivity contribution in [3.8, 4) is 0 Å². The molecule has 1 N–H and O–H groups in total. The number of rotatable bonds is 6. The molecule has 24 heavy (non-hydrogen) atoms. The van der Waals surface area contributed by atoms with Gasteiger partial charge in [-0.25, -0.2) is 13.2 Å². The van der Waals surface area contributed by atoms with Gasteiger partial charge in [0.25, 0.3) is 10.0 Å². The van der Waals surface area contributed by atoms with Crippen LogP contribution in [0.2, 0.25) is 0 Å². The van der Waals surface area contributed by atoms with Crippen LogP contribution in [0.25, 0.3) is 0 Å². The molecule has 136 valence electrons. The van der Waals surface area contributed by atoms with Crippen molar-refractivity contribution >= 4 is 28.4 Å². The Hall–Kier alpha value is -1.09. The average Bonchev–Trinajstić information content (AvgIpc) is 3.25. The van der Waals surface area contributed by atoms with Crippen LogP contribution in [0.4, 0.5) is 0 Å². The summed E-state index contributed by atoms with van der Waals surface area (Å²) in [5, 5.41) is 3.31. The fourth-order valence-corrected chi connectivity index (χ4v) is 4.13. The molecule has 0 amide bonds. The monoisotopic (exact) mass is 378 g/mol. The van der Waals surface area contributed by atoms with Gasteiger partial charge in [0, 0.05) is 19.1 Å². The lowest BCUT2D eigenvalue weighted by Gasteiger charge is -2.31. The Morgan fingerprint density at radius 1 is 1.29 bits per heavy atom. The van der Waals surface area contributed by atoms with Crippen molar-refractivity contribution in [1.29, 1.82) is 0 Å². The summed E-state index contributed by atoms with van der Waals surface area (Å²) in [5.74, 6) is 0.0260. The Labute approximate surface area is 148 Å². The van der Waals surface area contributed by atoms with E-state index in [4.69, 9.17) is 4.42 Å². The zero-order chi connectivity index (χ0) is 16.4. The lowest BCUT2D eigenvalue weighted by atomic mass is 10.1. The number of hydrogen-bond donors (Lipinski definition) is 1. The van der Waals surface area contributed by atoms with Crippen LogP contribution in [0.15, 0.2) is 21.6 Å². The second kappa shape index (κ2) is 7.86. The SMILES string of the molecule is COC(=O)c1ccc(S(=O)(=O)N2CCC(NCC3CC3)CC2)o1.Cl. The van der Waals surface area contributed by atoms with Crippen molar-refractivity contribution in [1.82, 2.24) is 9.62 Å². The van der Waals surface area contributed by atoms with Crippen molar-refractivity contribution < 1.29 is 22.4 Å². The first-order valence-corrected chi connectivity index (χ1v) is 9.36. The predicted octanol–water partition coefficient (Wildman–Crippen LogP) is 1.64. The van der Waals surface area contributed by atoms with Crippen LogP contribution in [0.5, 0.6) is 0 Å². The van der Waals surface area contributed by atoms with Gasteiger partial charge in [-0.15, -0.1) is 12.4 Å². The van der Waals surface area contributed by atoms with Crippen LogP contribution in [0.1, 0.15) is 36.2 Å². The quantitative estimate of drug-likeness (QED) is 0.757. The van der Waals surface area contributed by atoms with Gasteiger partial charge in [-0.2, -0.15) is 4.31 Å². The molecule has 0 spiro atoms. The molecule has 1 aliphatic heterocycles. The van der Waals surface area contributed by atoms with Crippen LogP contribution < -0.4 is 5.32 Å². The van der Waals surface area contributed by atoms with Crippen LogP contribution >= 0.6 is 12.4 Å². The normalized spacial score (nSPS) is 19.7. The van der Waals surface area contributed by atoms with E-state index in [2.05, 4.69) is 10.1 Å². The van der Waals surface area contributed by atoms with Gasteiger partial charge in [-0.05, 0) is 50.3 Å². The zero-order valence-electron chi connectivity index (χ0n) is 13.6. The molecule has 0 bridgehead atoms. The number of sulfonamides is 1. The number of nitrogens with one attached hydrogen (secondary N) is 1. The minimum atomic E-state index is -3.69. The fraction of sp³-hybridized carbons (Fsp3) is 0.667. The summed E-state index contributed by atoms with van der Waals surface area (Å²) in [5.41, 5.74) is 0. The lowest BCUT2D eigenvalue weighted by molar-refractivity contribution is 0.0558. The zero-order valence-corrected chi connectivity index (χ0v) is 15.2. The summed E-state index contributed by atoms with van der Waals surface area (Å²) in [7, 11) is -2.47. The molecule has 0 radical (unpaired) electrons. The van der Waals surface area contributed by atoms with Crippen molar-refractivity contribution in [3.63, 3.8) is 0 Å². The van der Waals surface area contributed by atoms with E-state index in [0.717, 1.165) is 25.3 Å². The molecule has 2 aliphatic rings. The van der Waals surface area contributed by atoms with Gasteiger partial charge in [0.15, 0.2) is 0 Å². The standard InChI is InChI=1S/C15H22N2O5S.ClH/c1-21-15(18)13-4-5-14(22-13)23(19,20)17-8-6-12(7-9-17)16-10-11-2-3-11;/h4-5,11-12,16H,2-3,6-10H2,1H3;1H. The van der Waals surface area contributed by atoms with E-state index >= 15 is 0 Å². The Balaban J connectivity index is 0.00000208. The molecule has 0 aromatic carbocycles. The molecule has 2 heterocycles. The van der Waals surface area contributed by atoms with E-state index in [1.165, 1.54) is 36.4 Å².